The van der Waals surface area contributed by atoms with Crippen molar-refractivity contribution < 1.29 is 37.3 Å². The van der Waals surface area contributed by atoms with Crippen LogP contribution in [0.5, 0.6) is 5.75 Å². The highest BCUT2D eigenvalue weighted by molar-refractivity contribution is 6.05. The maximum absolute atomic E-state index is 13.0. The Hall–Kier alpha value is -3.59. The standard InChI is InChI=1S/C24H22F3NO5/c1-14(29)20(23(31)32-2)28-22(30)19-12-9-16-5-3-4-6-18(16)21(19)33-13-15-7-10-17(11-8-15)24(25,26)27/h3-12,14,20,29H,13H2,1-2H3,(H,28,30)/t14-,20+/m1/s1. The largest absolute Gasteiger partial charge is 0.487 e. The van der Waals surface area contributed by atoms with Gasteiger partial charge in [-0.05, 0) is 36.1 Å². The molecule has 0 aromatic heterocycles. The van der Waals surface area contributed by atoms with E-state index in [-0.39, 0.29) is 17.9 Å². The molecule has 0 saturated heterocycles. The SMILES string of the molecule is COC(=O)[C@@H](NC(=O)c1ccc2ccccc2c1OCc1ccc(C(F)(F)F)cc1)[C@@H](C)O. The molecule has 0 radical (unpaired) electrons. The third kappa shape index (κ3) is 5.61. The number of hydrogen-bond acceptors (Lipinski definition) is 5. The Kier molecular flexibility index (Phi) is 7.23. The predicted molar refractivity (Wildman–Crippen MR) is 115 cm³/mol. The summed E-state index contributed by atoms with van der Waals surface area (Å²) in [5, 5.41) is 13.7. The molecular formula is C24H22F3NO5. The van der Waals surface area contributed by atoms with Gasteiger partial charge in [-0.25, -0.2) is 4.79 Å². The van der Waals surface area contributed by atoms with Crippen LogP contribution in [0.15, 0.2) is 60.7 Å². The topological polar surface area (TPSA) is 84.9 Å². The minimum atomic E-state index is -4.44. The number of aliphatic hydroxyl groups excluding tert-OH is 1. The number of rotatable bonds is 7. The molecule has 174 valence electrons. The number of carbonyl (C=O) groups is 2. The number of ether oxygens (including phenoxy) is 2. The zero-order chi connectivity index (χ0) is 24.2. The van der Waals surface area contributed by atoms with Crippen molar-refractivity contribution in [1.29, 1.82) is 0 Å². The van der Waals surface area contributed by atoms with Gasteiger partial charge in [0.05, 0.1) is 24.3 Å². The van der Waals surface area contributed by atoms with Gasteiger partial charge in [-0.15, -0.1) is 0 Å². The van der Waals surface area contributed by atoms with Crippen molar-refractivity contribution >= 4 is 22.6 Å². The summed E-state index contributed by atoms with van der Waals surface area (Å²) in [5.74, 6) is -1.30. The lowest BCUT2D eigenvalue weighted by atomic mass is 10.0. The van der Waals surface area contributed by atoms with Crippen LogP contribution in [0.1, 0.15) is 28.4 Å². The van der Waals surface area contributed by atoms with Crippen molar-refractivity contribution in [2.45, 2.75) is 31.9 Å². The molecule has 0 heterocycles. The molecular weight excluding hydrogens is 439 g/mol. The van der Waals surface area contributed by atoms with Gasteiger partial charge in [0.1, 0.15) is 12.4 Å². The van der Waals surface area contributed by atoms with Gasteiger partial charge in [0.15, 0.2) is 6.04 Å². The van der Waals surface area contributed by atoms with Gasteiger partial charge in [-0.2, -0.15) is 13.2 Å². The second-order valence-electron chi connectivity index (χ2n) is 7.36. The van der Waals surface area contributed by atoms with Crippen molar-refractivity contribution in [3.63, 3.8) is 0 Å². The van der Waals surface area contributed by atoms with E-state index in [0.29, 0.717) is 10.9 Å². The monoisotopic (exact) mass is 461 g/mol. The summed E-state index contributed by atoms with van der Waals surface area (Å²) in [6, 6.07) is 13.5. The second kappa shape index (κ2) is 9.91. The zero-order valence-electron chi connectivity index (χ0n) is 17.8. The number of amides is 1. The van der Waals surface area contributed by atoms with Crippen molar-refractivity contribution in [3.8, 4) is 5.75 Å². The fraction of sp³-hybridized carbons (Fsp3) is 0.250. The van der Waals surface area contributed by atoms with Crippen LogP contribution >= 0.6 is 0 Å². The maximum Gasteiger partial charge on any atom is 0.416 e. The van der Waals surface area contributed by atoms with Crippen LogP contribution in [-0.4, -0.2) is 36.2 Å². The van der Waals surface area contributed by atoms with Gasteiger partial charge in [0, 0.05) is 5.39 Å². The number of carbonyl (C=O) groups excluding carboxylic acids is 2. The molecule has 6 nitrogen and oxygen atoms in total. The number of alkyl halides is 3. The maximum atomic E-state index is 13.0. The van der Waals surface area contributed by atoms with E-state index in [4.69, 9.17) is 4.74 Å². The normalized spacial score (nSPS) is 13.3. The van der Waals surface area contributed by atoms with Crippen LogP contribution < -0.4 is 10.1 Å². The Morgan fingerprint density at radius 2 is 1.70 bits per heavy atom. The molecule has 0 bridgehead atoms. The average molecular weight is 461 g/mol. The first-order valence-corrected chi connectivity index (χ1v) is 9.99. The predicted octanol–water partition coefficient (Wildman–Crippen LogP) is 4.09. The zero-order valence-corrected chi connectivity index (χ0v) is 17.8. The van der Waals surface area contributed by atoms with Gasteiger partial charge in [-0.3, -0.25) is 4.79 Å². The van der Waals surface area contributed by atoms with Crippen LogP contribution in [-0.2, 0) is 22.3 Å². The average Bonchev–Trinajstić information content (AvgIpc) is 2.79. The first kappa shape index (κ1) is 24.1. The molecule has 33 heavy (non-hydrogen) atoms. The lowest BCUT2D eigenvalue weighted by molar-refractivity contribution is -0.145. The molecule has 9 heteroatoms. The highest BCUT2D eigenvalue weighted by Crippen LogP contribution is 2.32. The number of fused-ring (bicyclic) bond motifs is 1. The van der Waals surface area contributed by atoms with E-state index in [1.54, 1.807) is 18.2 Å². The van der Waals surface area contributed by atoms with Crippen molar-refractivity contribution in [1.82, 2.24) is 5.32 Å². The summed E-state index contributed by atoms with van der Waals surface area (Å²) >= 11 is 0. The van der Waals surface area contributed by atoms with Crippen LogP contribution in [0.4, 0.5) is 13.2 Å². The molecule has 2 N–H and O–H groups in total. The van der Waals surface area contributed by atoms with E-state index < -0.39 is 35.8 Å². The smallest absolute Gasteiger partial charge is 0.416 e. The molecule has 0 aliphatic rings. The van der Waals surface area contributed by atoms with Crippen molar-refractivity contribution in [3.05, 3.63) is 77.4 Å². The quantitative estimate of drug-likeness (QED) is 0.518. The van der Waals surface area contributed by atoms with E-state index in [2.05, 4.69) is 10.1 Å². The molecule has 0 aliphatic heterocycles. The van der Waals surface area contributed by atoms with Crippen LogP contribution in [0.25, 0.3) is 10.8 Å². The fourth-order valence-electron chi connectivity index (χ4n) is 3.25. The summed E-state index contributed by atoms with van der Waals surface area (Å²) in [4.78, 5) is 24.9. The van der Waals surface area contributed by atoms with E-state index >= 15 is 0 Å². The Morgan fingerprint density at radius 3 is 2.30 bits per heavy atom. The number of nitrogens with one attached hydrogen (secondary N) is 1. The molecule has 3 aromatic rings. The lowest BCUT2D eigenvalue weighted by Crippen LogP contribution is -2.48. The lowest BCUT2D eigenvalue weighted by Gasteiger charge is -2.20. The van der Waals surface area contributed by atoms with Crippen molar-refractivity contribution in [2.24, 2.45) is 0 Å². The van der Waals surface area contributed by atoms with Crippen LogP contribution in [0.3, 0.4) is 0 Å². The Bertz CT molecular complexity index is 1140. The van der Waals surface area contributed by atoms with Gasteiger partial charge < -0.3 is 19.9 Å². The molecule has 0 saturated carbocycles. The summed E-state index contributed by atoms with van der Waals surface area (Å²) < 4.78 is 48.9. The first-order valence-electron chi connectivity index (χ1n) is 9.99. The molecule has 3 rings (SSSR count). The number of benzene rings is 3. The summed E-state index contributed by atoms with van der Waals surface area (Å²) in [6.07, 6.45) is -5.65. The minimum Gasteiger partial charge on any atom is -0.487 e. The van der Waals surface area contributed by atoms with Gasteiger partial charge in [-0.1, -0.05) is 42.5 Å². The highest BCUT2D eigenvalue weighted by atomic mass is 19.4. The van der Waals surface area contributed by atoms with Crippen LogP contribution in [0.2, 0.25) is 0 Å². The molecule has 3 aromatic carbocycles. The van der Waals surface area contributed by atoms with E-state index in [1.807, 2.05) is 12.1 Å². The fourth-order valence-corrected chi connectivity index (χ4v) is 3.25. The molecule has 0 fully saturated rings. The van der Waals surface area contributed by atoms with E-state index in [1.165, 1.54) is 25.1 Å². The Labute approximate surface area is 187 Å². The van der Waals surface area contributed by atoms with Gasteiger partial charge >= 0.3 is 12.1 Å². The third-order valence-corrected chi connectivity index (χ3v) is 5.01. The number of halogens is 3. The molecule has 0 spiro atoms. The number of esters is 1. The summed E-state index contributed by atoms with van der Waals surface area (Å²) in [6.45, 7) is 1.24. The van der Waals surface area contributed by atoms with E-state index in [0.717, 1.165) is 24.6 Å². The Balaban J connectivity index is 1.92. The Morgan fingerprint density at radius 1 is 1.03 bits per heavy atom. The molecule has 0 aliphatic carbocycles. The summed E-state index contributed by atoms with van der Waals surface area (Å²) in [7, 11) is 1.14. The first-order chi connectivity index (χ1) is 15.6. The van der Waals surface area contributed by atoms with Gasteiger partial charge in [0.2, 0.25) is 0 Å². The molecule has 2 atom stereocenters. The number of methoxy groups -OCH3 is 1. The third-order valence-electron chi connectivity index (χ3n) is 5.01. The second-order valence-corrected chi connectivity index (χ2v) is 7.36. The van der Waals surface area contributed by atoms with Crippen LogP contribution in [0, 0.1) is 0 Å². The van der Waals surface area contributed by atoms with Gasteiger partial charge in [0.25, 0.3) is 5.91 Å². The number of aliphatic hydroxyl groups is 1. The highest BCUT2D eigenvalue weighted by Gasteiger charge is 2.30. The molecule has 0 unspecified atom stereocenters. The minimum absolute atomic E-state index is 0.0927. The summed E-state index contributed by atoms with van der Waals surface area (Å²) in [5.41, 5.74) is -0.211. The van der Waals surface area contributed by atoms with E-state index in [9.17, 15) is 27.9 Å². The number of hydrogen-bond donors (Lipinski definition) is 2. The van der Waals surface area contributed by atoms with Crippen molar-refractivity contribution in [2.75, 3.05) is 7.11 Å². The molecule has 1 amide bonds.